The molecule has 34 heavy (non-hydrogen) atoms. The first-order valence-corrected chi connectivity index (χ1v) is 12.1. The normalized spacial score (nSPS) is 14.6. The number of aromatic nitrogens is 2. The SMILES string of the molecule is Cc1nn(-c2ccc(Cl)c(Cl)c2)c(C)c1CC(=O)N1CCCN(Cc2ccc(C#N)cc2)CC1. The Morgan fingerprint density at radius 3 is 2.50 bits per heavy atom. The van der Waals surface area contributed by atoms with Crippen molar-refractivity contribution in [2.75, 3.05) is 26.2 Å². The van der Waals surface area contributed by atoms with Gasteiger partial charge in [-0.1, -0.05) is 35.3 Å². The van der Waals surface area contributed by atoms with Gasteiger partial charge in [-0.05, 0) is 56.2 Å². The van der Waals surface area contributed by atoms with Crippen molar-refractivity contribution in [1.29, 1.82) is 5.26 Å². The molecule has 0 N–H and O–H groups in total. The molecule has 3 aromatic rings. The highest BCUT2D eigenvalue weighted by Gasteiger charge is 2.23. The highest BCUT2D eigenvalue weighted by molar-refractivity contribution is 6.42. The van der Waals surface area contributed by atoms with Crippen LogP contribution in [0.25, 0.3) is 5.69 Å². The van der Waals surface area contributed by atoms with E-state index < -0.39 is 0 Å². The lowest BCUT2D eigenvalue weighted by Gasteiger charge is -2.22. The molecule has 1 aromatic heterocycles. The van der Waals surface area contributed by atoms with Gasteiger partial charge < -0.3 is 4.90 Å². The first-order chi connectivity index (χ1) is 16.4. The molecule has 0 saturated carbocycles. The molecule has 1 aliphatic heterocycles. The van der Waals surface area contributed by atoms with Crippen LogP contribution in [-0.4, -0.2) is 51.7 Å². The molecule has 0 unspecified atom stereocenters. The maximum atomic E-state index is 13.2. The van der Waals surface area contributed by atoms with E-state index >= 15 is 0 Å². The van der Waals surface area contributed by atoms with Crippen LogP contribution in [0, 0.1) is 25.2 Å². The standard InChI is InChI=1S/C26H27Cl2N5O/c1-18-23(19(2)33(30-18)22-8-9-24(27)25(28)14-22)15-26(34)32-11-3-10-31(12-13-32)17-21-6-4-20(16-29)5-7-21/h4-9,14H,3,10-13,15,17H2,1-2H3. The largest absolute Gasteiger partial charge is 0.341 e. The van der Waals surface area contributed by atoms with E-state index in [1.807, 2.05) is 53.8 Å². The van der Waals surface area contributed by atoms with Crippen molar-refractivity contribution in [3.63, 3.8) is 0 Å². The highest BCUT2D eigenvalue weighted by Crippen LogP contribution is 2.26. The molecule has 8 heteroatoms. The van der Waals surface area contributed by atoms with Crippen LogP contribution in [-0.2, 0) is 17.8 Å². The first kappa shape index (κ1) is 24.3. The third-order valence-electron chi connectivity index (χ3n) is 6.35. The third kappa shape index (κ3) is 5.44. The van der Waals surface area contributed by atoms with Gasteiger partial charge >= 0.3 is 0 Å². The maximum absolute atomic E-state index is 13.2. The second kappa shape index (κ2) is 10.6. The lowest BCUT2D eigenvalue weighted by molar-refractivity contribution is -0.130. The third-order valence-corrected chi connectivity index (χ3v) is 7.09. The van der Waals surface area contributed by atoms with Crippen molar-refractivity contribution in [3.05, 3.63) is 80.6 Å². The molecule has 1 amide bonds. The van der Waals surface area contributed by atoms with Crippen LogP contribution in [0.15, 0.2) is 42.5 Å². The van der Waals surface area contributed by atoms with E-state index in [2.05, 4.69) is 16.1 Å². The van der Waals surface area contributed by atoms with E-state index in [-0.39, 0.29) is 5.91 Å². The summed E-state index contributed by atoms with van der Waals surface area (Å²) in [6.07, 6.45) is 1.26. The second-order valence-electron chi connectivity index (χ2n) is 8.66. The number of carbonyl (C=O) groups excluding carboxylic acids is 1. The average molecular weight is 496 g/mol. The molecular weight excluding hydrogens is 469 g/mol. The lowest BCUT2D eigenvalue weighted by Crippen LogP contribution is -2.36. The molecule has 1 aliphatic rings. The van der Waals surface area contributed by atoms with E-state index in [0.29, 0.717) is 28.6 Å². The topological polar surface area (TPSA) is 65.2 Å². The summed E-state index contributed by atoms with van der Waals surface area (Å²) in [5.41, 5.74) is 5.40. The number of nitriles is 1. The number of rotatable bonds is 5. The van der Waals surface area contributed by atoms with Crippen LogP contribution in [0.4, 0.5) is 0 Å². The van der Waals surface area contributed by atoms with Gasteiger partial charge in [0.2, 0.25) is 5.91 Å². The van der Waals surface area contributed by atoms with Gasteiger partial charge in [-0.2, -0.15) is 10.4 Å². The summed E-state index contributed by atoms with van der Waals surface area (Å²) >= 11 is 12.2. The van der Waals surface area contributed by atoms with Crippen LogP contribution < -0.4 is 0 Å². The molecule has 0 radical (unpaired) electrons. The van der Waals surface area contributed by atoms with Crippen LogP contribution >= 0.6 is 23.2 Å². The predicted octanol–water partition coefficient (Wildman–Crippen LogP) is 4.94. The number of nitrogens with zero attached hydrogens (tertiary/aromatic N) is 5. The number of amides is 1. The fourth-order valence-electron chi connectivity index (χ4n) is 4.38. The van der Waals surface area contributed by atoms with Gasteiger partial charge in [0, 0.05) is 44.0 Å². The van der Waals surface area contributed by atoms with E-state index in [9.17, 15) is 4.79 Å². The summed E-state index contributed by atoms with van der Waals surface area (Å²) in [5, 5.41) is 14.6. The summed E-state index contributed by atoms with van der Waals surface area (Å²) in [6.45, 7) is 7.96. The number of aryl methyl sites for hydroxylation is 1. The minimum absolute atomic E-state index is 0.125. The molecule has 0 aliphatic carbocycles. The number of hydrogen-bond donors (Lipinski definition) is 0. The smallest absolute Gasteiger partial charge is 0.227 e. The van der Waals surface area contributed by atoms with Crippen molar-refractivity contribution in [3.8, 4) is 11.8 Å². The van der Waals surface area contributed by atoms with Crippen molar-refractivity contribution >= 4 is 29.1 Å². The summed E-state index contributed by atoms with van der Waals surface area (Å²) in [4.78, 5) is 17.5. The van der Waals surface area contributed by atoms with Gasteiger partial charge in [-0.15, -0.1) is 0 Å². The zero-order valence-electron chi connectivity index (χ0n) is 19.4. The molecule has 0 bridgehead atoms. The molecule has 6 nitrogen and oxygen atoms in total. The molecule has 1 saturated heterocycles. The van der Waals surface area contributed by atoms with Crippen LogP contribution in [0.3, 0.4) is 0 Å². The molecule has 176 valence electrons. The van der Waals surface area contributed by atoms with Gasteiger partial charge in [-0.3, -0.25) is 9.69 Å². The van der Waals surface area contributed by atoms with Crippen LogP contribution in [0.1, 0.15) is 34.5 Å². The van der Waals surface area contributed by atoms with Gasteiger partial charge in [0.15, 0.2) is 0 Å². The minimum atomic E-state index is 0.125. The number of benzene rings is 2. The fourth-order valence-corrected chi connectivity index (χ4v) is 4.68. The van der Waals surface area contributed by atoms with Crippen molar-refractivity contribution in [2.45, 2.75) is 33.2 Å². The number of halogens is 2. The summed E-state index contributed by atoms with van der Waals surface area (Å²) in [6, 6.07) is 15.3. The number of hydrogen-bond acceptors (Lipinski definition) is 4. The maximum Gasteiger partial charge on any atom is 0.227 e. The lowest BCUT2D eigenvalue weighted by atomic mass is 10.1. The average Bonchev–Trinajstić information content (AvgIpc) is 2.99. The Balaban J connectivity index is 1.40. The van der Waals surface area contributed by atoms with Gasteiger partial charge in [0.05, 0.1) is 39.5 Å². The monoisotopic (exact) mass is 495 g/mol. The highest BCUT2D eigenvalue weighted by atomic mass is 35.5. The zero-order chi connectivity index (χ0) is 24.2. The molecule has 2 aromatic carbocycles. The van der Waals surface area contributed by atoms with Crippen LogP contribution in [0.5, 0.6) is 0 Å². The van der Waals surface area contributed by atoms with Crippen molar-refractivity contribution in [1.82, 2.24) is 19.6 Å². The van der Waals surface area contributed by atoms with E-state index in [4.69, 9.17) is 28.5 Å². The second-order valence-corrected chi connectivity index (χ2v) is 9.47. The van der Waals surface area contributed by atoms with E-state index in [1.54, 1.807) is 12.1 Å². The zero-order valence-corrected chi connectivity index (χ0v) is 20.9. The van der Waals surface area contributed by atoms with Crippen molar-refractivity contribution < 1.29 is 4.79 Å². The van der Waals surface area contributed by atoms with Gasteiger partial charge in [0.1, 0.15) is 0 Å². The molecule has 1 fully saturated rings. The molecule has 0 atom stereocenters. The van der Waals surface area contributed by atoms with Gasteiger partial charge in [-0.25, -0.2) is 4.68 Å². The Morgan fingerprint density at radius 1 is 1.03 bits per heavy atom. The van der Waals surface area contributed by atoms with E-state index in [1.165, 1.54) is 5.56 Å². The van der Waals surface area contributed by atoms with Crippen molar-refractivity contribution in [2.24, 2.45) is 0 Å². The first-order valence-electron chi connectivity index (χ1n) is 11.4. The minimum Gasteiger partial charge on any atom is -0.341 e. The summed E-state index contributed by atoms with van der Waals surface area (Å²) in [7, 11) is 0. The Hall–Kier alpha value is -2.85. The number of carbonyl (C=O) groups is 1. The summed E-state index contributed by atoms with van der Waals surface area (Å²) in [5.74, 6) is 0.125. The molecular formula is C26H27Cl2N5O. The fraction of sp³-hybridized carbons (Fsp3) is 0.346. The summed E-state index contributed by atoms with van der Waals surface area (Å²) < 4.78 is 1.82. The van der Waals surface area contributed by atoms with Crippen LogP contribution in [0.2, 0.25) is 10.0 Å². The predicted molar refractivity (Wildman–Crippen MR) is 134 cm³/mol. The molecule has 2 heterocycles. The van der Waals surface area contributed by atoms with E-state index in [0.717, 1.165) is 55.2 Å². The Morgan fingerprint density at radius 2 is 1.79 bits per heavy atom. The Bertz CT molecular complexity index is 1230. The molecule has 4 rings (SSSR count). The quantitative estimate of drug-likeness (QED) is 0.502. The Labute approximate surface area is 210 Å². The van der Waals surface area contributed by atoms with Gasteiger partial charge in [0.25, 0.3) is 0 Å². The molecule has 0 spiro atoms. The Kier molecular flexibility index (Phi) is 7.57.